The van der Waals surface area contributed by atoms with E-state index in [9.17, 15) is 0 Å². The van der Waals surface area contributed by atoms with Crippen LogP contribution in [0.2, 0.25) is 0 Å². The van der Waals surface area contributed by atoms with Gasteiger partial charge in [-0.3, -0.25) is 0 Å². The van der Waals surface area contributed by atoms with Crippen LogP contribution < -0.4 is 5.32 Å². The van der Waals surface area contributed by atoms with Crippen LogP contribution in [0.25, 0.3) is 0 Å². The van der Waals surface area contributed by atoms with Crippen LogP contribution in [0.4, 0.5) is 0 Å². The van der Waals surface area contributed by atoms with E-state index in [0.29, 0.717) is 29.6 Å². The molecular formula is C16H29N3O2. The van der Waals surface area contributed by atoms with Crippen LogP contribution in [0.5, 0.6) is 0 Å². The summed E-state index contributed by atoms with van der Waals surface area (Å²) in [5.74, 6) is 1.96. The van der Waals surface area contributed by atoms with E-state index in [1.165, 1.54) is 0 Å². The van der Waals surface area contributed by atoms with Gasteiger partial charge in [0.25, 0.3) is 0 Å². The lowest BCUT2D eigenvalue weighted by Crippen LogP contribution is -2.37. The van der Waals surface area contributed by atoms with Gasteiger partial charge in [-0.2, -0.15) is 4.98 Å². The molecule has 1 aromatic heterocycles. The van der Waals surface area contributed by atoms with Crippen molar-refractivity contribution in [2.45, 2.75) is 65.5 Å². The highest BCUT2D eigenvalue weighted by molar-refractivity contribution is 5.05. The molecule has 1 fully saturated rings. The summed E-state index contributed by atoms with van der Waals surface area (Å²) >= 11 is 0. The van der Waals surface area contributed by atoms with Crippen molar-refractivity contribution < 1.29 is 9.26 Å². The second-order valence-corrected chi connectivity index (χ2v) is 7.40. The summed E-state index contributed by atoms with van der Waals surface area (Å²) in [5, 5.41) is 7.50. The van der Waals surface area contributed by atoms with Crippen molar-refractivity contribution in [2.75, 3.05) is 13.7 Å². The zero-order valence-corrected chi connectivity index (χ0v) is 14.0. The molecule has 0 amide bonds. The molecule has 1 heterocycles. The Labute approximate surface area is 127 Å². The third-order valence-corrected chi connectivity index (χ3v) is 4.51. The summed E-state index contributed by atoms with van der Waals surface area (Å²) in [4.78, 5) is 4.56. The first-order valence-electron chi connectivity index (χ1n) is 7.96. The zero-order valence-electron chi connectivity index (χ0n) is 14.0. The molecular weight excluding hydrogens is 266 g/mol. The first-order chi connectivity index (χ1) is 9.87. The SMILES string of the molecule is COC1(c2noc(CNCC(C)C)n2)CCC(C)(C)CC1. The fraction of sp³-hybridized carbons (Fsp3) is 0.875. The maximum atomic E-state index is 5.81. The van der Waals surface area contributed by atoms with Gasteiger partial charge < -0.3 is 14.6 Å². The molecule has 120 valence electrons. The second kappa shape index (κ2) is 6.44. The van der Waals surface area contributed by atoms with E-state index < -0.39 is 0 Å². The number of hydrogen-bond acceptors (Lipinski definition) is 5. The summed E-state index contributed by atoms with van der Waals surface area (Å²) in [7, 11) is 1.76. The standard InChI is InChI=1S/C16H29N3O2/c1-12(2)10-17-11-13-18-14(19-21-13)16(20-5)8-6-15(3,4)7-9-16/h12,17H,6-11H2,1-5H3. The van der Waals surface area contributed by atoms with Gasteiger partial charge in [0.2, 0.25) is 11.7 Å². The van der Waals surface area contributed by atoms with Gasteiger partial charge in [-0.1, -0.05) is 32.9 Å². The fourth-order valence-electron chi connectivity index (χ4n) is 2.83. The maximum absolute atomic E-state index is 5.81. The minimum atomic E-state index is -0.366. The van der Waals surface area contributed by atoms with Crippen molar-refractivity contribution in [3.8, 4) is 0 Å². The Bertz CT molecular complexity index is 444. The Hall–Kier alpha value is -0.940. The van der Waals surface area contributed by atoms with Gasteiger partial charge in [0.05, 0.1) is 6.54 Å². The molecule has 2 rings (SSSR count). The van der Waals surface area contributed by atoms with Crippen molar-refractivity contribution in [1.82, 2.24) is 15.5 Å². The largest absolute Gasteiger partial charge is 0.370 e. The topological polar surface area (TPSA) is 60.2 Å². The molecule has 1 saturated carbocycles. The van der Waals surface area contributed by atoms with E-state index >= 15 is 0 Å². The highest BCUT2D eigenvalue weighted by Gasteiger charge is 2.43. The van der Waals surface area contributed by atoms with Crippen LogP contribution in [-0.4, -0.2) is 23.8 Å². The minimum Gasteiger partial charge on any atom is -0.370 e. The average Bonchev–Trinajstić information content (AvgIpc) is 2.88. The summed E-state index contributed by atoms with van der Waals surface area (Å²) < 4.78 is 11.2. The van der Waals surface area contributed by atoms with E-state index in [-0.39, 0.29) is 5.60 Å². The van der Waals surface area contributed by atoms with Gasteiger partial charge in [0.1, 0.15) is 5.60 Å². The lowest BCUT2D eigenvalue weighted by atomic mass is 9.70. The number of hydrogen-bond donors (Lipinski definition) is 1. The lowest BCUT2D eigenvalue weighted by Gasteiger charge is -2.40. The van der Waals surface area contributed by atoms with Crippen LogP contribution >= 0.6 is 0 Å². The third kappa shape index (κ3) is 4.04. The molecule has 0 aliphatic heterocycles. The Morgan fingerprint density at radius 3 is 2.48 bits per heavy atom. The molecule has 21 heavy (non-hydrogen) atoms. The van der Waals surface area contributed by atoms with Crippen molar-refractivity contribution in [3.63, 3.8) is 0 Å². The fourth-order valence-corrected chi connectivity index (χ4v) is 2.83. The van der Waals surface area contributed by atoms with Crippen LogP contribution in [-0.2, 0) is 16.9 Å². The van der Waals surface area contributed by atoms with Crippen molar-refractivity contribution in [3.05, 3.63) is 11.7 Å². The van der Waals surface area contributed by atoms with Gasteiger partial charge in [-0.15, -0.1) is 0 Å². The van der Waals surface area contributed by atoms with Crippen molar-refractivity contribution in [2.24, 2.45) is 11.3 Å². The molecule has 1 aliphatic rings. The van der Waals surface area contributed by atoms with Crippen LogP contribution in [0, 0.1) is 11.3 Å². The average molecular weight is 295 g/mol. The number of nitrogens with zero attached hydrogens (tertiary/aromatic N) is 2. The quantitative estimate of drug-likeness (QED) is 0.873. The molecule has 0 saturated heterocycles. The molecule has 1 aromatic rings. The van der Waals surface area contributed by atoms with Crippen molar-refractivity contribution in [1.29, 1.82) is 0 Å². The van der Waals surface area contributed by atoms with Gasteiger partial charge in [0.15, 0.2) is 0 Å². The molecule has 0 spiro atoms. The predicted octanol–water partition coefficient (Wildman–Crippen LogP) is 3.26. The summed E-state index contributed by atoms with van der Waals surface area (Å²) in [6, 6.07) is 0. The Kier molecular flexibility index (Phi) is 5.04. The monoisotopic (exact) mass is 295 g/mol. The Balaban J connectivity index is 2.01. The smallest absolute Gasteiger partial charge is 0.240 e. The first-order valence-corrected chi connectivity index (χ1v) is 7.96. The van der Waals surface area contributed by atoms with E-state index in [2.05, 4.69) is 43.2 Å². The minimum absolute atomic E-state index is 0.366. The molecule has 0 bridgehead atoms. The number of aromatic nitrogens is 2. The maximum Gasteiger partial charge on any atom is 0.240 e. The van der Waals surface area contributed by atoms with Gasteiger partial charge in [-0.25, -0.2) is 0 Å². The highest BCUT2D eigenvalue weighted by atomic mass is 16.5. The lowest BCUT2D eigenvalue weighted by molar-refractivity contribution is -0.0740. The molecule has 5 heteroatoms. The molecule has 5 nitrogen and oxygen atoms in total. The Morgan fingerprint density at radius 1 is 1.24 bits per heavy atom. The zero-order chi connectivity index (χ0) is 15.5. The number of nitrogens with one attached hydrogen (secondary N) is 1. The van der Waals surface area contributed by atoms with Crippen LogP contribution in [0.15, 0.2) is 4.52 Å². The van der Waals surface area contributed by atoms with Gasteiger partial charge in [0, 0.05) is 7.11 Å². The molecule has 1 N–H and O–H groups in total. The van der Waals surface area contributed by atoms with E-state index in [1.54, 1.807) is 7.11 Å². The number of ether oxygens (including phenoxy) is 1. The first kappa shape index (κ1) is 16.4. The normalized spacial score (nSPS) is 20.9. The number of methoxy groups -OCH3 is 1. The molecule has 0 atom stereocenters. The Morgan fingerprint density at radius 2 is 1.90 bits per heavy atom. The number of rotatable bonds is 6. The molecule has 0 unspecified atom stereocenters. The van der Waals surface area contributed by atoms with E-state index in [1.807, 2.05) is 0 Å². The molecule has 0 aromatic carbocycles. The predicted molar refractivity (Wildman–Crippen MR) is 81.8 cm³/mol. The highest BCUT2D eigenvalue weighted by Crippen LogP contribution is 2.46. The molecule has 1 aliphatic carbocycles. The summed E-state index contributed by atoms with van der Waals surface area (Å²) in [6.45, 7) is 10.5. The summed E-state index contributed by atoms with van der Waals surface area (Å²) in [6.07, 6.45) is 4.15. The third-order valence-electron chi connectivity index (χ3n) is 4.51. The van der Waals surface area contributed by atoms with E-state index in [4.69, 9.17) is 9.26 Å². The van der Waals surface area contributed by atoms with E-state index in [0.717, 1.165) is 32.2 Å². The molecule has 0 radical (unpaired) electrons. The van der Waals surface area contributed by atoms with Crippen molar-refractivity contribution >= 4 is 0 Å². The second-order valence-electron chi connectivity index (χ2n) is 7.40. The van der Waals surface area contributed by atoms with Gasteiger partial charge >= 0.3 is 0 Å². The van der Waals surface area contributed by atoms with Gasteiger partial charge in [-0.05, 0) is 43.6 Å². The van der Waals surface area contributed by atoms with Crippen LogP contribution in [0.3, 0.4) is 0 Å². The summed E-state index contributed by atoms with van der Waals surface area (Å²) in [5.41, 5.74) is 0.0166. The van der Waals surface area contributed by atoms with Crippen LogP contribution in [0.1, 0.15) is 65.1 Å².